The normalized spacial score (nSPS) is 21.0. The number of carbonyl (C=O) groups is 1. The van der Waals surface area contributed by atoms with E-state index in [1.54, 1.807) is 17.9 Å². The van der Waals surface area contributed by atoms with Gasteiger partial charge in [0.1, 0.15) is 11.6 Å². The average Bonchev–Trinajstić information content (AvgIpc) is 2.38. The third-order valence-corrected chi connectivity index (χ3v) is 3.16. The topological polar surface area (TPSA) is 49.8 Å². The summed E-state index contributed by atoms with van der Waals surface area (Å²) in [7, 11) is 0. The Morgan fingerprint density at radius 1 is 1.58 bits per heavy atom. The molecule has 0 aliphatic carbocycles. The Bertz CT molecular complexity index is 452. The number of ether oxygens (including phenoxy) is 1. The number of halogens is 1. The Hall–Kier alpha value is -1.62. The molecular formula is C14H18FNO3. The van der Waals surface area contributed by atoms with Crippen LogP contribution in [0.25, 0.3) is 0 Å². The quantitative estimate of drug-likeness (QED) is 0.904. The van der Waals surface area contributed by atoms with Crippen LogP contribution in [-0.2, 0) is 4.79 Å². The highest BCUT2D eigenvalue weighted by Gasteiger charge is 2.26. The second kappa shape index (κ2) is 6.02. The molecule has 1 N–H and O–H groups in total. The second-order valence-corrected chi connectivity index (χ2v) is 4.80. The Morgan fingerprint density at radius 3 is 3.05 bits per heavy atom. The maximum absolute atomic E-state index is 13.0. The molecule has 0 bridgehead atoms. The van der Waals surface area contributed by atoms with Gasteiger partial charge in [-0.15, -0.1) is 0 Å². The summed E-state index contributed by atoms with van der Waals surface area (Å²) in [6, 6.07) is 5.71. The van der Waals surface area contributed by atoms with Crippen LogP contribution in [0.1, 0.15) is 19.8 Å². The first-order valence-electron chi connectivity index (χ1n) is 6.45. The van der Waals surface area contributed by atoms with E-state index in [0.717, 1.165) is 12.8 Å². The Kier molecular flexibility index (Phi) is 4.37. The first kappa shape index (κ1) is 13.8. The van der Waals surface area contributed by atoms with Gasteiger partial charge in [0.05, 0.1) is 6.10 Å². The van der Waals surface area contributed by atoms with Crippen LogP contribution < -0.4 is 4.74 Å². The number of nitrogens with zero attached hydrogens (tertiary/aromatic N) is 1. The zero-order valence-electron chi connectivity index (χ0n) is 10.9. The van der Waals surface area contributed by atoms with Crippen LogP contribution in [-0.4, -0.2) is 41.2 Å². The van der Waals surface area contributed by atoms with Crippen molar-refractivity contribution >= 4 is 5.91 Å². The number of piperidine rings is 1. The van der Waals surface area contributed by atoms with E-state index in [2.05, 4.69) is 0 Å². The molecule has 19 heavy (non-hydrogen) atoms. The maximum atomic E-state index is 13.0. The van der Waals surface area contributed by atoms with Crippen molar-refractivity contribution in [1.29, 1.82) is 0 Å². The number of aliphatic hydroxyl groups is 1. The molecular weight excluding hydrogens is 249 g/mol. The number of benzene rings is 1. The predicted octanol–water partition coefficient (Wildman–Crippen LogP) is 1.58. The lowest BCUT2D eigenvalue weighted by atomic mass is 10.1. The molecule has 2 rings (SSSR count). The van der Waals surface area contributed by atoms with Crippen LogP contribution in [0.3, 0.4) is 0 Å². The predicted molar refractivity (Wildman–Crippen MR) is 68.3 cm³/mol. The van der Waals surface area contributed by atoms with E-state index >= 15 is 0 Å². The molecule has 0 saturated carbocycles. The Balaban J connectivity index is 1.95. The molecule has 1 heterocycles. The molecule has 1 aromatic carbocycles. The first-order chi connectivity index (χ1) is 9.06. The summed E-state index contributed by atoms with van der Waals surface area (Å²) in [6.07, 6.45) is 0.369. The molecule has 2 unspecified atom stereocenters. The standard InChI is InChI=1S/C14H18FNO3/c1-10(19-13-6-2-4-11(15)8-13)14(18)16-7-3-5-12(17)9-16/h2,4,6,8,10,12,17H,3,5,7,9H2,1H3. The Labute approximate surface area is 111 Å². The molecule has 4 nitrogen and oxygen atoms in total. The molecule has 1 saturated heterocycles. The van der Waals surface area contributed by atoms with Crippen molar-refractivity contribution in [3.05, 3.63) is 30.1 Å². The number of aliphatic hydroxyl groups excluding tert-OH is 1. The lowest BCUT2D eigenvalue weighted by Gasteiger charge is -2.32. The highest BCUT2D eigenvalue weighted by atomic mass is 19.1. The van der Waals surface area contributed by atoms with E-state index in [-0.39, 0.29) is 5.91 Å². The van der Waals surface area contributed by atoms with Crippen molar-refractivity contribution in [1.82, 2.24) is 4.90 Å². The number of carbonyl (C=O) groups excluding carboxylic acids is 1. The van der Waals surface area contributed by atoms with Crippen LogP contribution >= 0.6 is 0 Å². The molecule has 0 spiro atoms. The zero-order valence-corrected chi connectivity index (χ0v) is 10.9. The maximum Gasteiger partial charge on any atom is 0.263 e. The highest BCUT2D eigenvalue weighted by Crippen LogP contribution is 2.16. The minimum absolute atomic E-state index is 0.178. The van der Waals surface area contributed by atoms with Gasteiger partial charge in [-0.05, 0) is 31.9 Å². The fourth-order valence-electron chi connectivity index (χ4n) is 2.21. The summed E-state index contributed by atoms with van der Waals surface area (Å²) in [5.74, 6) is -0.244. The number of hydrogen-bond donors (Lipinski definition) is 1. The molecule has 5 heteroatoms. The van der Waals surface area contributed by atoms with Gasteiger partial charge in [0.15, 0.2) is 6.10 Å². The van der Waals surface area contributed by atoms with E-state index < -0.39 is 18.0 Å². The van der Waals surface area contributed by atoms with Crippen molar-refractivity contribution in [3.8, 4) is 5.75 Å². The zero-order chi connectivity index (χ0) is 13.8. The van der Waals surface area contributed by atoms with Gasteiger partial charge in [-0.25, -0.2) is 4.39 Å². The summed E-state index contributed by atoms with van der Waals surface area (Å²) in [4.78, 5) is 13.7. The molecule has 0 radical (unpaired) electrons. The van der Waals surface area contributed by atoms with Crippen LogP contribution in [0.4, 0.5) is 4.39 Å². The number of hydrogen-bond acceptors (Lipinski definition) is 3. The van der Waals surface area contributed by atoms with Gasteiger partial charge in [0.2, 0.25) is 0 Å². The smallest absolute Gasteiger partial charge is 0.263 e. The van der Waals surface area contributed by atoms with E-state index in [9.17, 15) is 14.3 Å². The minimum atomic E-state index is -0.688. The number of β-amino-alcohol motifs (C(OH)–C–C–N with tert-alkyl or cyclic N) is 1. The van der Waals surface area contributed by atoms with E-state index in [4.69, 9.17) is 4.74 Å². The van der Waals surface area contributed by atoms with E-state index in [0.29, 0.717) is 18.8 Å². The fourth-order valence-corrected chi connectivity index (χ4v) is 2.21. The minimum Gasteiger partial charge on any atom is -0.481 e. The molecule has 1 aromatic rings. The lowest BCUT2D eigenvalue weighted by Crippen LogP contribution is -2.47. The molecule has 1 fully saturated rings. The van der Waals surface area contributed by atoms with Crippen molar-refractivity contribution in [3.63, 3.8) is 0 Å². The van der Waals surface area contributed by atoms with Crippen LogP contribution in [0.5, 0.6) is 5.75 Å². The number of likely N-dealkylation sites (tertiary alicyclic amines) is 1. The van der Waals surface area contributed by atoms with Gasteiger partial charge in [-0.1, -0.05) is 6.07 Å². The lowest BCUT2D eigenvalue weighted by molar-refractivity contribution is -0.141. The summed E-state index contributed by atoms with van der Waals surface area (Å²) in [5, 5.41) is 9.55. The summed E-state index contributed by atoms with van der Waals surface area (Å²) >= 11 is 0. The molecule has 1 aliphatic rings. The van der Waals surface area contributed by atoms with Gasteiger partial charge >= 0.3 is 0 Å². The third kappa shape index (κ3) is 3.67. The van der Waals surface area contributed by atoms with Gasteiger partial charge in [0.25, 0.3) is 5.91 Å². The van der Waals surface area contributed by atoms with Crippen LogP contribution in [0.2, 0.25) is 0 Å². The monoisotopic (exact) mass is 267 g/mol. The number of rotatable bonds is 3. The van der Waals surface area contributed by atoms with Gasteiger partial charge < -0.3 is 14.7 Å². The van der Waals surface area contributed by atoms with E-state index in [1.165, 1.54) is 18.2 Å². The summed E-state index contributed by atoms with van der Waals surface area (Å²) in [5.41, 5.74) is 0. The van der Waals surface area contributed by atoms with Gasteiger partial charge in [-0.2, -0.15) is 0 Å². The van der Waals surface area contributed by atoms with Crippen molar-refractivity contribution in [2.24, 2.45) is 0 Å². The SMILES string of the molecule is CC(Oc1cccc(F)c1)C(=O)N1CCCC(O)C1. The summed E-state index contributed by atoms with van der Waals surface area (Å²) < 4.78 is 18.4. The van der Waals surface area contributed by atoms with Crippen LogP contribution in [0.15, 0.2) is 24.3 Å². The first-order valence-corrected chi connectivity index (χ1v) is 6.45. The molecule has 0 aromatic heterocycles. The molecule has 104 valence electrons. The summed E-state index contributed by atoms with van der Waals surface area (Å²) in [6.45, 7) is 2.61. The molecule has 2 atom stereocenters. The average molecular weight is 267 g/mol. The van der Waals surface area contributed by atoms with E-state index in [1.807, 2.05) is 0 Å². The molecule has 1 aliphatic heterocycles. The third-order valence-electron chi connectivity index (χ3n) is 3.16. The van der Waals surface area contributed by atoms with Crippen molar-refractivity contribution in [2.75, 3.05) is 13.1 Å². The van der Waals surface area contributed by atoms with Gasteiger partial charge in [-0.3, -0.25) is 4.79 Å². The Morgan fingerprint density at radius 2 is 2.37 bits per heavy atom. The second-order valence-electron chi connectivity index (χ2n) is 4.80. The largest absolute Gasteiger partial charge is 0.481 e. The van der Waals surface area contributed by atoms with Crippen molar-refractivity contribution < 1.29 is 19.0 Å². The highest BCUT2D eigenvalue weighted by molar-refractivity contribution is 5.81. The fraction of sp³-hybridized carbons (Fsp3) is 0.500. The number of amides is 1. The molecule has 1 amide bonds. The van der Waals surface area contributed by atoms with Gasteiger partial charge in [0, 0.05) is 19.2 Å². The van der Waals surface area contributed by atoms with Crippen LogP contribution in [0, 0.1) is 5.82 Å². The van der Waals surface area contributed by atoms with Crippen molar-refractivity contribution in [2.45, 2.75) is 32.0 Å².